The summed E-state index contributed by atoms with van der Waals surface area (Å²) in [6, 6.07) is 3.99. The van der Waals surface area contributed by atoms with Crippen LogP contribution in [0.5, 0.6) is 5.75 Å². The number of nitrogens with zero attached hydrogens (tertiary/aromatic N) is 2. The highest BCUT2D eigenvalue weighted by molar-refractivity contribution is 5.19. The second-order valence-electron chi connectivity index (χ2n) is 3.72. The highest BCUT2D eigenvalue weighted by atomic mass is 16.5. The number of rotatable bonds is 3. The fourth-order valence-corrected chi connectivity index (χ4v) is 1.72. The van der Waals surface area contributed by atoms with Crippen molar-refractivity contribution in [1.82, 2.24) is 15.2 Å². The first-order chi connectivity index (χ1) is 7.38. The van der Waals surface area contributed by atoms with Crippen LogP contribution >= 0.6 is 0 Å². The van der Waals surface area contributed by atoms with E-state index in [4.69, 9.17) is 4.74 Å². The third-order valence-corrected chi connectivity index (χ3v) is 2.63. The molecule has 0 aromatic carbocycles. The van der Waals surface area contributed by atoms with Crippen molar-refractivity contribution in [2.24, 2.45) is 0 Å². The Bertz CT molecular complexity index is 293. The molecule has 15 heavy (non-hydrogen) atoms. The van der Waals surface area contributed by atoms with Gasteiger partial charge in [0.15, 0.2) is 0 Å². The van der Waals surface area contributed by atoms with Crippen LogP contribution in [0.1, 0.15) is 5.69 Å². The van der Waals surface area contributed by atoms with Gasteiger partial charge in [-0.3, -0.25) is 9.88 Å². The lowest BCUT2D eigenvalue weighted by molar-refractivity contribution is 0.230. The predicted octanol–water partition coefficient (Wildman–Crippen LogP) is 0.495. The summed E-state index contributed by atoms with van der Waals surface area (Å²) in [4.78, 5) is 6.76. The molecule has 0 saturated carbocycles. The van der Waals surface area contributed by atoms with Crippen molar-refractivity contribution in [2.45, 2.75) is 6.54 Å². The topological polar surface area (TPSA) is 37.4 Å². The van der Waals surface area contributed by atoms with Gasteiger partial charge in [0.05, 0.1) is 19.0 Å². The number of methoxy groups -OCH3 is 1. The predicted molar refractivity (Wildman–Crippen MR) is 58.9 cm³/mol. The van der Waals surface area contributed by atoms with Crippen molar-refractivity contribution in [3.05, 3.63) is 24.0 Å². The maximum absolute atomic E-state index is 5.07. The first-order valence-electron chi connectivity index (χ1n) is 5.30. The molecule has 0 spiro atoms. The summed E-state index contributed by atoms with van der Waals surface area (Å²) < 4.78 is 5.07. The lowest BCUT2D eigenvalue weighted by atomic mass is 10.3. The summed E-state index contributed by atoms with van der Waals surface area (Å²) in [7, 11) is 1.66. The third kappa shape index (κ3) is 2.91. The highest BCUT2D eigenvalue weighted by Crippen LogP contribution is 2.09. The van der Waals surface area contributed by atoms with Crippen molar-refractivity contribution in [1.29, 1.82) is 0 Å². The molecule has 1 N–H and O–H groups in total. The standard InChI is InChI=1S/C11H17N3O/c1-15-11-3-2-10(13-8-11)9-14-6-4-12-5-7-14/h2-3,8,12H,4-7,9H2,1H3. The summed E-state index contributed by atoms with van der Waals surface area (Å²) >= 11 is 0. The largest absolute Gasteiger partial charge is 0.495 e. The second-order valence-corrected chi connectivity index (χ2v) is 3.72. The molecule has 1 aromatic heterocycles. The summed E-state index contributed by atoms with van der Waals surface area (Å²) in [5.41, 5.74) is 1.11. The van der Waals surface area contributed by atoms with Crippen molar-refractivity contribution in [2.75, 3.05) is 33.3 Å². The molecule has 0 bridgehead atoms. The van der Waals surface area contributed by atoms with Gasteiger partial charge in [-0.2, -0.15) is 0 Å². The van der Waals surface area contributed by atoms with Crippen LogP contribution < -0.4 is 10.1 Å². The Kier molecular flexibility index (Phi) is 3.53. The lowest BCUT2D eigenvalue weighted by Gasteiger charge is -2.26. The number of pyridine rings is 1. The Labute approximate surface area is 90.3 Å². The van der Waals surface area contributed by atoms with Crippen LogP contribution in [0.4, 0.5) is 0 Å². The van der Waals surface area contributed by atoms with E-state index >= 15 is 0 Å². The van der Waals surface area contributed by atoms with Gasteiger partial charge in [0.25, 0.3) is 0 Å². The van der Waals surface area contributed by atoms with Crippen LogP contribution in [-0.2, 0) is 6.54 Å². The van der Waals surface area contributed by atoms with E-state index in [1.165, 1.54) is 0 Å². The fraction of sp³-hybridized carbons (Fsp3) is 0.545. The number of hydrogen-bond donors (Lipinski definition) is 1. The van der Waals surface area contributed by atoms with Crippen LogP contribution in [-0.4, -0.2) is 43.2 Å². The zero-order valence-electron chi connectivity index (χ0n) is 9.07. The fourth-order valence-electron chi connectivity index (χ4n) is 1.72. The minimum atomic E-state index is 0.819. The Morgan fingerprint density at radius 3 is 2.80 bits per heavy atom. The van der Waals surface area contributed by atoms with Crippen LogP contribution in [0.2, 0.25) is 0 Å². The smallest absolute Gasteiger partial charge is 0.137 e. The van der Waals surface area contributed by atoms with Gasteiger partial charge in [-0.15, -0.1) is 0 Å². The Morgan fingerprint density at radius 2 is 2.20 bits per heavy atom. The molecular weight excluding hydrogens is 190 g/mol. The zero-order valence-corrected chi connectivity index (χ0v) is 9.07. The molecule has 0 atom stereocenters. The average molecular weight is 207 g/mol. The normalized spacial score (nSPS) is 17.7. The SMILES string of the molecule is COc1ccc(CN2CCNCC2)nc1. The molecule has 0 aliphatic carbocycles. The van der Waals surface area contributed by atoms with Crippen LogP contribution in [0.25, 0.3) is 0 Å². The molecule has 1 fully saturated rings. The molecule has 1 aliphatic rings. The lowest BCUT2D eigenvalue weighted by Crippen LogP contribution is -2.43. The molecule has 1 aromatic rings. The molecular formula is C11H17N3O. The number of nitrogens with one attached hydrogen (secondary N) is 1. The molecule has 0 unspecified atom stereocenters. The van der Waals surface area contributed by atoms with Gasteiger partial charge >= 0.3 is 0 Å². The van der Waals surface area contributed by atoms with E-state index in [-0.39, 0.29) is 0 Å². The van der Waals surface area contributed by atoms with E-state index in [9.17, 15) is 0 Å². The van der Waals surface area contributed by atoms with Crippen LogP contribution in [0.15, 0.2) is 18.3 Å². The molecule has 2 rings (SSSR count). The van der Waals surface area contributed by atoms with E-state index in [1.54, 1.807) is 13.3 Å². The van der Waals surface area contributed by atoms with Gasteiger partial charge < -0.3 is 10.1 Å². The maximum Gasteiger partial charge on any atom is 0.137 e. The molecule has 2 heterocycles. The summed E-state index contributed by atoms with van der Waals surface area (Å²) in [6.07, 6.45) is 1.78. The molecule has 0 amide bonds. The van der Waals surface area contributed by atoms with Gasteiger partial charge in [0.1, 0.15) is 5.75 Å². The van der Waals surface area contributed by atoms with Gasteiger partial charge in [-0.25, -0.2) is 0 Å². The summed E-state index contributed by atoms with van der Waals surface area (Å²) in [5.74, 6) is 0.819. The molecule has 1 aliphatic heterocycles. The van der Waals surface area contributed by atoms with Crippen LogP contribution in [0, 0.1) is 0 Å². The molecule has 82 valence electrons. The quantitative estimate of drug-likeness (QED) is 0.783. The Balaban J connectivity index is 1.91. The zero-order chi connectivity index (χ0) is 10.5. The maximum atomic E-state index is 5.07. The van der Waals surface area contributed by atoms with Gasteiger partial charge in [0, 0.05) is 32.7 Å². The first-order valence-corrected chi connectivity index (χ1v) is 5.30. The minimum absolute atomic E-state index is 0.819. The van der Waals surface area contributed by atoms with Crippen molar-refractivity contribution < 1.29 is 4.74 Å². The highest BCUT2D eigenvalue weighted by Gasteiger charge is 2.10. The monoisotopic (exact) mass is 207 g/mol. The minimum Gasteiger partial charge on any atom is -0.495 e. The first kappa shape index (κ1) is 10.4. The third-order valence-electron chi connectivity index (χ3n) is 2.63. The van der Waals surface area contributed by atoms with Gasteiger partial charge in [-0.05, 0) is 12.1 Å². The van der Waals surface area contributed by atoms with Crippen molar-refractivity contribution in [3.63, 3.8) is 0 Å². The molecule has 4 heteroatoms. The molecule has 4 nitrogen and oxygen atoms in total. The summed E-state index contributed by atoms with van der Waals surface area (Å²) in [5, 5.41) is 3.34. The van der Waals surface area contributed by atoms with E-state index in [0.29, 0.717) is 0 Å². The summed E-state index contributed by atoms with van der Waals surface area (Å²) in [6.45, 7) is 5.30. The molecule has 0 radical (unpaired) electrons. The van der Waals surface area contributed by atoms with E-state index in [0.717, 1.165) is 44.2 Å². The average Bonchev–Trinajstić information content (AvgIpc) is 2.31. The van der Waals surface area contributed by atoms with E-state index in [2.05, 4.69) is 15.2 Å². The van der Waals surface area contributed by atoms with E-state index in [1.807, 2.05) is 12.1 Å². The molecule has 1 saturated heterocycles. The number of aromatic nitrogens is 1. The van der Waals surface area contributed by atoms with Crippen molar-refractivity contribution >= 4 is 0 Å². The van der Waals surface area contributed by atoms with Gasteiger partial charge in [0.2, 0.25) is 0 Å². The number of hydrogen-bond acceptors (Lipinski definition) is 4. The van der Waals surface area contributed by atoms with Crippen molar-refractivity contribution in [3.8, 4) is 5.75 Å². The van der Waals surface area contributed by atoms with E-state index < -0.39 is 0 Å². The Morgan fingerprint density at radius 1 is 1.40 bits per heavy atom. The Hall–Kier alpha value is -1.13. The second kappa shape index (κ2) is 5.09. The van der Waals surface area contributed by atoms with Crippen LogP contribution in [0.3, 0.4) is 0 Å². The number of ether oxygens (including phenoxy) is 1. The van der Waals surface area contributed by atoms with Gasteiger partial charge in [-0.1, -0.05) is 0 Å². The number of piperazine rings is 1.